The molecule has 130 heavy (non-hydrogen) atoms. The van der Waals surface area contributed by atoms with Gasteiger partial charge >= 0.3 is 5.97 Å². The van der Waals surface area contributed by atoms with E-state index in [4.69, 9.17) is 47.9 Å². The first kappa shape index (κ1) is 87.8. The first-order valence-electron chi connectivity index (χ1n) is 46.0. The molecule has 13 heterocycles. The number of pyridine rings is 2. The highest BCUT2D eigenvalue weighted by Gasteiger charge is 2.36. The molecule has 4 saturated carbocycles. The first-order chi connectivity index (χ1) is 63.9. The highest BCUT2D eigenvalue weighted by molar-refractivity contribution is 5.89. The number of methoxy groups -OCH3 is 1. The van der Waals surface area contributed by atoms with Gasteiger partial charge in [0.1, 0.15) is 68.5 Å². The van der Waals surface area contributed by atoms with Crippen LogP contribution in [-0.4, -0.2) is 236 Å². The van der Waals surface area contributed by atoms with Crippen molar-refractivity contribution in [1.82, 2.24) is 69.8 Å². The molecule has 2 bridgehead atoms. The molecule has 9 aliphatic rings. The van der Waals surface area contributed by atoms with Crippen LogP contribution in [0.1, 0.15) is 143 Å². The third kappa shape index (κ3) is 22.8. The summed E-state index contributed by atoms with van der Waals surface area (Å²) < 4.78 is 53.4. The maximum Gasteiger partial charge on any atom is 0.356 e. The molecule has 5 aliphatic heterocycles. The van der Waals surface area contributed by atoms with Crippen molar-refractivity contribution in [2.24, 2.45) is 0 Å². The van der Waals surface area contributed by atoms with Crippen molar-refractivity contribution in [3.05, 3.63) is 182 Å². The summed E-state index contributed by atoms with van der Waals surface area (Å²) in [7, 11) is 1.36. The van der Waals surface area contributed by atoms with E-state index >= 15 is 0 Å². The Kier molecular flexibility index (Phi) is 28.7. The van der Waals surface area contributed by atoms with Crippen molar-refractivity contribution in [2.75, 3.05) is 140 Å². The first-order valence-corrected chi connectivity index (χ1v) is 46.0. The van der Waals surface area contributed by atoms with E-state index in [2.05, 4.69) is 165 Å². The summed E-state index contributed by atoms with van der Waals surface area (Å²) in [5.41, 5.74) is 13.9. The van der Waals surface area contributed by atoms with E-state index in [1.807, 2.05) is 50.2 Å². The molecular weight excluding hydrogens is 1650 g/mol. The fraction of sp³-hybridized carbons (Fsp3) is 0.464. The minimum atomic E-state index is -0.435. The second-order valence-electron chi connectivity index (χ2n) is 34.5. The predicted octanol–water partition coefficient (Wildman–Crippen LogP) is 14.3. The lowest BCUT2D eigenvalue weighted by Gasteiger charge is -2.34. The van der Waals surface area contributed by atoms with Crippen LogP contribution in [0.3, 0.4) is 0 Å². The number of nitriles is 1. The number of anilines is 8. The van der Waals surface area contributed by atoms with Gasteiger partial charge in [-0.3, -0.25) is 19.9 Å². The fourth-order valence-electron chi connectivity index (χ4n) is 18.8. The summed E-state index contributed by atoms with van der Waals surface area (Å²) in [6.07, 6.45) is 36.5. The second-order valence-corrected chi connectivity index (χ2v) is 34.5. The zero-order chi connectivity index (χ0) is 88.3. The number of aryl methyl sites for hydroxylation is 2. The quantitative estimate of drug-likeness (QED) is 0.0485. The zero-order valence-electron chi connectivity index (χ0n) is 74.0. The summed E-state index contributed by atoms with van der Waals surface area (Å²) in [5.74, 6) is 5.69. The van der Waals surface area contributed by atoms with Crippen LogP contribution in [0.5, 0.6) is 23.0 Å². The summed E-state index contributed by atoms with van der Waals surface area (Å²) in [6, 6.07) is 35.0. The van der Waals surface area contributed by atoms with E-state index in [1.165, 1.54) is 7.11 Å². The number of hydrogen-bond donors (Lipinski definition) is 4. The number of hydrogen-bond acceptors (Lipinski definition) is 33. The molecule has 4 aliphatic carbocycles. The number of ether oxygens (including phenoxy) is 9. The normalized spacial score (nSPS) is 22.7. The van der Waals surface area contributed by atoms with Gasteiger partial charge in [-0.25, -0.2) is 54.6 Å². The lowest BCUT2D eigenvalue weighted by atomic mass is 9.93. The van der Waals surface area contributed by atoms with Gasteiger partial charge in [0.15, 0.2) is 5.69 Å². The van der Waals surface area contributed by atoms with Crippen LogP contribution >= 0.6 is 0 Å². The Hall–Kier alpha value is -12.9. The largest absolute Gasteiger partial charge is 0.488 e. The number of benzene rings is 4. The summed E-state index contributed by atoms with van der Waals surface area (Å²) >= 11 is 0. The van der Waals surface area contributed by atoms with E-state index < -0.39 is 5.97 Å². The van der Waals surface area contributed by atoms with Crippen LogP contribution in [0.4, 0.5) is 46.3 Å². The van der Waals surface area contributed by atoms with Gasteiger partial charge in [-0.2, -0.15) is 5.26 Å². The summed E-state index contributed by atoms with van der Waals surface area (Å²) in [6.45, 7) is 15.5. The average molecular weight is 1760 g/mol. The molecule has 0 radical (unpaired) electrons. The Morgan fingerprint density at radius 3 is 1.09 bits per heavy atom. The van der Waals surface area contributed by atoms with Gasteiger partial charge in [0.05, 0.1) is 105 Å². The number of rotatable bonds is 21. The van der Waals surface area contributed by atoms with Crippen LogP contribution in [0.15, 0.2) is 159 Å². The molecular formula is C97H113N23O10. The number of nitrogens with zero attached hydrogens (tertiary/aromatic N) is 19. The van der Waals surface area contributed by atoms with E-state index in [1.54, 1.807) is 74.1 Å². The van der Waals surface area contributed by atoms with Crippen LogP contribution in [0.25, 0.3) is 44.1 Å². The van der Waals surface area contributed by atoms with Gasteiger partial charge in [-0.15, -0.1) is 0 Å². The van der Waals surface area contributed by atoms with Crippen LogP contribution in [-0.2, 0) is 23.7 Å². The Balaban J connectivity index is 0.000000117. The van der Waals surface area contributed by atoms with Crippen molar-refractivity contribution in [2.45, 2.75) is 190 Å². The SMILES string of the molecule is COC(=O)c1cccc(NC2CCC(Oc3cc(N4CCOCC4)cc4nccnc34)CC2)n1.Cc1cc(C)nc(NC2CCC(Oc3cc(N4CCOCC4)cc4nccnc34)CC2)n1.N#Cc1cccc(NC2CCC(Oc3cc(N4CCOCC4)cc4nccnc34)CC2)n1.c1cnc(NC2CCC(Oc3cc(N4C[C@H]5CC[C@@H](C4)O5)cc4nccnc34)CC2)nc1. The Labute approximate surface area is 756 Å². The van der Waals surface area contributed by atoms with Crippen LogP contribution in [0.2, 0.25) is 0 Å². The molecule has 33 nitrogen and oxygen atoms in total. The molecule has 4 N–H and O–H groups in total. The topological polar surface area (TPSA) is 365 Å². The van der Waals surface area contributed by atoms with Crippen molar-refractivity contribution >= 4 is 96.4 Å². The van der Waals surface area contributed by atoms with E-state index in [0.717, 1.165) is 321 Å². The van der Waals surface area contributed by atoms with Crippen molar-refractivity contribution < 1.29 is 47.4 Å². The highest BCUT2D eigenvalue weighted by Crippen LogP contribution is 2.41. The zero-order valence-corrected chi connectivity index (χ0v) is 74.0. The molecule has 0 spiro atoms. The van der Waals surface area contributed by atoms with Crippen LogP contribution in [0, 0.1) is 25.2 Å². The van der Waals surface area contributed by atoms with Gasteiger partial charge in [0, 0.05) is 197 Å². The van der Waals surface area contributed by atoms with Gasteiger partial charge < -0.3 is 83.5 Å². The molecule has 2 atom stereocenters. The third-order valence-electron chi connectivity index (χ3n) is 25.4. The number of nitrogens with one attached hydrogen (secondary N) is 4. The average Bonchev–Trinajstić information content (AvgIpc) is 1.14. The van der Waals surface area contributed by atoms with Gasteiger partial charge in [-0.05, 0) is 190 Å². The number of carbonyl (C=O) groups is 1. The highest BCUT2D eigenvalue weighted by atomic mass is 16.5. The van der Waals surface area contributed by atoms with Gasteiger partial charge in [-0.1, -0.05) is 12.1 Å². The number of carbonyl (C=O) groups excluding carboxylic acids is 1. The van der Waals surface area contributed by atoms with E-state index in [-0.39, 0.29) is 30.5 Å². The Bertz CT molecular complexity index is 5790. The molecule has 12 aromatic rings. The monoisotopic (exact) mass is 1760 g/mol. The van der Waals surface area contributed by atoms with Crippen LogP contribution < -0.4 is 59.8 Å². The minimum Gasteiger partial charge on any atom is -0.488 e. The number of aromatic nitrogens is 14. The maximum atomic E-state index is 11.7. The number of esters is 1. The molecule has 5 saturated heterocycles. The molecule has 4 aromatic carbocycles. The Morgan fingerprint density at radius 1 is 0.369 bits per heavy atom. The molecule has 0 unspecified atom stereocenters. The van der Waals surface area contributed by atoms with Crippen molar-refractivity contribution in [1.29, 1.82) is 5.26 Å². The number of morpholine rings is 4. The van der Waals surface area contributed by atoms with Crippen molar-refractivity contribution in [3.8, 4) is 29.1 Å². The lowest BCUT2D eigenvalue weighted by Crippen LogP contribution is -2.42. The van der Waals surface area contributed by atoms with E-state index in [0.29, 0.717) is 53.5 Å². The van der Waals surface area contributed by atoms with E-state index in [9.17, 15) is 4.79 Å². The smallest absolute Gasteiger partial charge is 0.356 e. The molecule has 0 amide bonds. The standard InChI is InChI=1S/C25H29N5O4.C24H28N6O2.C24H30N6O2.C24H26N6O2/c1-32-25(31)20-3-2-4-23(29-20)28-17-5-7-19(8-6-17)34-22-16-18(30-11-13-33-14-12-30)15-21-24(22)27-10-9-26-21;1-8-27-24(28-9-1)29-16-2-4-18(5-3-16)32-22-13-17(12-21-23(22)26-11-10-25-21)30-14-19-6-7-20(15-30)31-19;1-16-13-17(2)28-24(27-16)29-18-3-5-20(6-4-18)32-22-15-19(30-9-11-31-12-10-30)14-21-23(22)26-8-7-25-21;25-16-18-2-1-3-23(29-18)28-17-4-6-20(7-5-17)32-22-15-19(30-10-12-31-13-11-30)14-21-24(22)27-9-8-26-21/h2-4,9-10,15-17,19H,5-8,11-14H2,1H3,(H,28,29);1,8-13,16,18-20H,2-7,14-15H2,(H,27,28,29);7-8,13-15,18,20H,3-6,9-12H2,1-2H3,(H,27,28,29);1-3,8-9,14-15,17,20H,4-7,10-13H2,(H,28,29)/t;16?,18?,19-,20+;;. The molecule has 21 rings (SSSR count). The molecule has 8 aromatic heterocycles. The molecule has 9 fully saturated rings. The fourth-order valence-corrected chi connectivity index (χ4v) is 18.8. The van der Waals surface area contributed by atoms with Gasteiger partial charge in [0.25, 0.3) is 0 Å². The predicted molar refractivity (Wildman–Crippen MR) is 497 cm³/mol. The summed E-state index contributed by atoms with van der Waals surface area (Å²) in [5, 5.41) is 22.9. The maximum absolute atomic E-state index is 11.7. The Morgan fingerprint density at radius 2 is 0.715 bits per heavy atom. The third-order valence-corrected chi connectivity index (χ3v) is 25.4. The number of fused-ring (bicyclic) bond motifs is 6. The minimum absolute atomic E-state index is 0.109. The summed E-state index contributed by atoms with van der Waals surface area (Å²) in [4.78, 5) is 83.8. The van der Waals surface area contributed by atoms with Crippen molar-refractivity contribution in [3.63, 3.8) is 0 Å². The second kappa shape index (κ2) is 42.6. The molecule has 676 valence electrons. The van der Waals surface area contributed by atoms with Gasteiger partial charge in [0.2, 0.25) is 11.9 Å². The molecule has 33 heteroatoms. The lowest BCUT2D eigenvalue weighted by molar-refractivity contribution is 0.0304.